The molecule has 1 spiro atoms. The molecule has 1 aromatic rings. The summed E-state index contributed by atoms with van der Waals surface area (Å²) < 4.78 is 6.14. The van der Waals surface area contributed by atoms with Gasteiger partial charge in [0, 0.05) is 5.69 Å². The normalized spacial score (nSPS) is 35.3. The van der Waals surface area contributed by atoms with E-state index in [9.17, 15) is 14.7 Å². The van der Waals surface area contributed by atoms with Gasteiger partial charge in [-0.05, 0) is 31.9 Å². The second-order valence-electron chi connectivity index (χ2n) is 7.31. The summed E-state index contributed by atoms with van der Waals surface area (Å²) in [6, 6.07) is 7.39. The fourth-order valence-corrected chi connectivity index (χ4v) is 4.63. The van der Waals surface area contributed by atoms with Crippen molar-refractivity contribution in [1.82, 2.24) is 0 Å². The number of carboxylic acid groups (broad SMARTS) is 1. The van der Waals surface area contributed by atoms with Crippen molar-refractivity contribution in [2.75, 3.05) is 4.90 Å². The molecule has 3 aliphatic rings. The maximum atomic E-state index is 13.4. The van der Waals surface area contributed by atoms with Gasteiger partial charge in [0.1, 0.15) is 11.5 Å². The Hall–Kier alpha value is -2.40. The summed E-state index contributed by atoms with van der Waals surface area (Å²) in [5.41, 5.74) is 1.84. The summed E-state index contributed by atoms with van der Waals surface area (Å²) in [5.74, 6) is -2.67. The van der Waals surface area contributed by atoms with E-state index in [4.69, 9.17) is 4.74 Å². The largest absolute Gasteiger partial charge is 0.481 e. The first kappa shape index (κ1) is 16.1. The topological polar surface area (TPSA) is 66.8 Å². The molecule has 2 fully saturated rings. The van der Waals surface area contributed by atoms with Crippen LogP contribution in [0.25, 0.3) is 0 Å². The van der Waals surface area contributed by atoms with E-state index in [1.807, 2.05) is 44.2 Å². The van der Waals surface area contributed by atoms with Crippen molar-refractivity contribution in [2.45, 2.75) is 38.0 Å². The molecule has 2 bridgehead atoms. The number of aliphatic carboxylic acids is 1. The van der Waals surface area contributed by atoms with E-state index in [0.29, 0.717) is 6.42 Å². The lowest BCUT2D eigenvalue weighted by Gasteiger charge is -2.34. The van der Waals surface area contributed by atoms with Crippen LogP contribution in [-0.2, 0) is 14.3 Å². The van der Waals surface area contributed by atoms with Crippen molar-refractivity contribution < 1.29 is 19.4 Å². The van der Waals surface area contributed by atoms with Crippen LogP contribution in [0.3, 0.4) is 0 Å². The summed E-state index contributed by atoms with van der Waals surface area (Å²) in [4.78, 5) is 26.9. The molecule has 3 aliphatic heterocycles. The van der Waals surface area contributed by atoms with Gasteiger partial charge in [0.25, 0.3) is 0 Å². The highest BCUT2D eigenvalue weighted by molar-refractivity contribution is 6.03. The van der Waals surface area contributed by atoms with Crippen LogP contribution in [-0.4, -0.2) is 34.7 Å². The summed E-state index contributed by atoms with van der Waals surface area (Å²) in [6.45, 7) is 7.88. The Balaban J connectivity index is 1.87. The van der Waals surface area contributed by atoms with Gasteiger partial charge in [-0.3, -0.25) is 9.59 Å². The van der Waals surface area contributed by atoms with Crippen LogP contribution < -0.4 is 4.90 Å². The van der Waals surface area contributed by atoms with Crippen molar-refractivity contribution in [2.24, 2.45) is 11.8 Å². The van der Waals surface area contributed by atoms with Gasteiger partial charge in [-0.2, -0.15) is 0 Å². The van der Waals surface area contributed by atoms with Crippen LogP contribution in [0.1, 0.15) is 18.9 Å². The zero-order chi connectivity index (χ0) is 17.9. The Labute approximate surface area is 146 Å². The Morgan fingerprint density at radius 2 is 2.12 bits per heavy atom. The van der Waals surface area contributed by atoms with E-state index in [-0.39, 0.29) is 11.9 Å². The molecule has 2 saturated heterocycles. The standard InChI is InChI=1S/C20H21NO4/c1-11(2)10-15-20-9-8-14(25-20)16(19(23)24)17(20)18(22)21(15)13-7-5-4-6-12(13)3/h4-9,14-17H,1,10H2,2-3H3,(H,23,24)/t14-,15-,16-,17+,20+/m0/s1. The van der Waals surface area contributed by atoms with Crippen molar-refractivity contribution in [3.05, 3.63) is 54.1 Å². The second kappa shape index (κ2) is 5.30. The van der Waals surface area contributed by atoms with Crippen LogP contribution in [0.5, 0.6) is 0 Å². The third-order valence-corrected chi connectivity index (χ3v) is 5.62. The third-order valence-electron chi connectivity index (χ3n) is 5.62. The Morgan fingerprint density at radius 3 is 2.76 bits per heavy atom. The second-order valence-corrected chi connectivity index (χ2v) is 7.31. The average molecular weight is 339 g/mol. The molecule has 1 aromatic carbocycles. The number of hydrogen-bond acceptors (Lipinski definition) is 3. The first-order chi connectivity index (χ1) is 11.9. The van der Waals surface area contributed by atoms with Crippen LogP contribution in [0.2, 0.25) is 0 Å². The molecule has 25 heavy (non-hydrogen) atoms. The maximum Gasteiger partial charge on any atom is 0.310 e. The first-order valence-corrected chi connectivity index (χ1v) is 8.50. The summed E-state index contributed by atoms with van der Waals surface area (Å²) in [5, 5.41) is 9.67. The minimum atomic E-state index is -0.977. The van der Waals surface area contributed by atoms with Gasteiger partial charge in [0.2, 0.25) is 5.91 Å². The quantitative estimate of drug-likeness (QED) is 0.857. The number of carbonyl (C=O) groups is 2. The number of rotatable bonds is 4. The summed E-state index contributed by atoms with van der Waals surface area (Å²) in [6.07, 6.45) is 3.75. The zero-order valence-corrected chi connectivity index (χ0v) is 14.3. The number of hydrogen-bond donors (Lipinski definition) is 1. The van der Waals surface area contributed by atoms with Gasteiger partial charge in [-0.25, -0.2) is 0 Å². The number of benzene rings is 1. The molecule has 0 saturated carbocycles. The van der Waals surface area contributed by atoms with E-state index >= 15 is 0 Å². The van der Waals surface area contributed by atoms with Gasteiger partial charge < -0.3 is 14.7 Å². The Bertz CT molecular complexity index is 814. The predicted octanol–water partition coefficient (Wildman–Crippen LogP) is 2.70. The smallest absolute Gasteiger partial charge is 0.310 e. The van der Waals surface area contributed by atoms with E-state index in [0.717, 1.165) is 16.8 Å². The fraction of sp³-hybridized carbons (Fsp3) is 0.400. The number of carboxylic acids is 1. The van der Waals surface area contributed by atoms with Gasteiger partial charge in [0.05, 0.1) is 18.1 Å². The molecule has 3 heterocycles. The van der Waals surface area contributed by atoms with Gasteiger partial charge in [0.15, 0.2) is 0 Å². The lowest BCUT2D eigenvalue weighted by molar-refractivity contribution is -0.146. The molecule has 5 atom stereocenters. The number of anilines is 1. The highest BCUT2D eigenvalue weighted by Crippen LogP contribution is 2.57. The zero-order valence-electron chi connectivity index (χ0n) is 14.3. The van der Waals surface area contributed by atoms with E-state index < -0.39 is 29.5 Å². The summed E-state index contributed by atoms with van der Waals surface area (Å²) in [7, 11) is 0. The highest BCUT2D eigenvalue weighted by atomic mass is 16.5. The molecule has 4 rings (SSSR count). The molecule has 0 radical (unpaired) electrons. The highest BCUT2D eigenvalue weighted by Gasteiger charge is 2.71. The number of nitrogens with zero attached hydrogens (tertiary/aromatic N) is 1. The lowest BCUT2D eigenvalue weighted by Crippen LogP contribution is -2.45. The van der Waals surface area contributed by atoms with Crippen molar-refractivity contribution >= 4 is 17.6 Å². The molecule has 1 N–H and O–H groups in total. The van der Waals surface area contributed by atoms with Crippen molar-refractivity contribution in [3.63, 3.8) is 0 Å². The number of carbonyl (C=O) groups excluding carboxylic acids is 1. The van der Waals surface area contributed by atoms with Crippen LogP contribution in [0.4, 0.5) is 5.69 Å². The summed E-state index contributed by atoms with van der Waals surface area (Å²) >= 11 is 0. The van der Waals surface area contributed by atoms with Gasteiger partial charge >= 0.3 is 5.97 Å². The molecule has 5 heteroatoms. The predicted molar refractivity (Wildman–Crippen MR) is 93.2 cm³/mol. The number of amides is 1. The van der Waals surface area contributed by atoms with Crippen molar-refractivity contribution in [1.29, 1.82) is 0 Å². The molecule has 0 aliphatic carbocycles. The van der Waals surface area contributed by atoms with Gasteiger partial charge in [-0.1, -0.05) is 35.9 Å². The lowest BCUT2D eigenvalue weighted by atomic mass is 9.74. The van der Waals surface area contributed by atoms with E-state index in [1.54, 1.807) is 11.0 Å². The Morgan fingerprint density at radius 1 is 1.40 bits per heavy atom. The van der Waals surface area contributed by atoms with Gasteiger partial charge in [-0.15, -0.1) is 6.58 Å². The van der Waals surface area contributed by atoms with Crippen LogP contribution in [0, 0.1) is 18.8 Å². The van der Waals surface area contributed by atoms with Crippen LogP contribution >= 0.6 is 0 Å². The van der Waals surface area contributed by atoms with Crippen molar-refractivity contribution in [3.8, 4) is 0 Å². The molecule has 0 unspecified atom stereocenters. The van der Waals surface area contributed by atoms with E-state index in [2.05, 4.69) is 6.58 Å². The fourth-order valence-electron chi connectivity index (χ4n) is 4.63. The molecule has 5 nitrogen and oxygen atoms in total. The number of ether oxygens (including phenoxy) is 1. The number of fused-ring (bicyclic) bond motifs is 1. The number of aryl methyl sites for hydroxylation is 1. The van der Waals surface area contributed by atoms with E-state index in [1.165, 1.54) is 0 Å². The number of para-hydroxylation sites is 1. The Kier molecular flexibility index (Phi) is 3.41. The molecule has 0 aromatic heterocycles. The molecule has 1 amide bonds. The SMILES string of the molecule is C=C(C)C[C@@H]1N(c2ccccc2C)C(=O)[C@H]2[C@@H](C(=O)O)[C@@H]3C=C[C@@]12O3. The first-order valence-electron chi connectivity index (χ1n) is 8.50. The monoisotopic (exact) mass is 339 g/mol. The minimum absolute atomic E-state index is 0.167. The molecule has 130 valence electrons. The minimum Gasteiger partial charge on any atom is -0.481 e. The third kappa shape index (κ3) is 2.05. The van der Waals surface area contributed by atoms with Crippen LogP contribution in [0.15, 0.2) is 48.6 Å². The molecular formula is C20H21NO4. The molecular weight excluding hydrogens is 318 g/mol. The average Bonchev–Trinajstić information content (AvgIpc) is 3.18. The maximum absolute atomic E-state index is 13.4.